The fraction of sp³-hybridized carbons (Fsp3) is 0.345. The monoisotopic (exact) mass is 506 g/mol. The van der Waals surface area contributed by atoms with Crippen LogP contribution in [-0.4, -0.2) is 33.6 Å². The molecule has 1 aromatic heterocycles. The van der Waals surface area contributed by atoms with Crippen molar-refractivity contribution in [2.75, 3.05) is 0 Å². The maximum Gasteiger partial charge on any atom is 0.337 e. The summed E-state index contributed by atoms with van der Waals surface area (Å²) in [5.41, 5.74) is 4.86. The molecule has 1 amide bonds. The van der Waals surface area contributed by atoms with Crippen molar-refractivity contribution in [1.82, 2.24) is 10.3 Å². The van der Waals surface area contributed by atoms with Gasteiger partial charge in [0.15, 0.2) is 6.10 Å². The van der Waals surface area contributed by atoms with Crippen LogP contribution in [0, 0.1) is 13.8 Å². The van der Waals surface area contributed by atoms with Crippen molar-refractivity contribution in [3.63, 3.8) is 0 Å². The molecule has 2 aromatic carbocycles. The third kappa shape index (κ3) is 5.45. The van der Waals surface area contributed by atoms with Crippen molar-refractivity contribution in [2.24, 2.45) is 0 Å². The number of ether oxygens (including phenoxy) is 1. The van der Waals surface area contributed by atoms with Gasteiger partial charge in [-0.25, -0.2) is 9.78 Å². The molecule has 1 aliphatic rings. The van der Waals surface area contributed by atoms with Crippen LogP contribution in [0.2, 0.25) is 5.02 Å². The van der Waals surface area contributed by atoms with E-state index in [0.717, 1.165) is 18.4 Å². The zero-order chi connectivity index (χ0) is 26.2. The second-order valence-corrected chi connectivity index (χ2v) is 10.7. The SMILES string of the molecule is Cc1nc(C(=O)NC2Cc3ccccc3C2)c(C)c(-c2ccc(Cl)cc2)c1[C@H](OC(C)(C)C)C(=O)O. The minimum atomic E-state index is -1.26. The number of carbonyl (C=O) groups excluding carboxylic acids is 1. The molecule has 2 N–H and O–H groups in total. The van der Waals surface area contributed by atoms with Crippen LogP contribution >= 0.6 is 11.6 Å². The fourth-order valence-corrected chi connectivity index (χ4v) is 4.97. The van der Waals surface area contributed by atoms with Gasteiger partial charge in [0.1, 0.15) is 5.69 Å². The van der Waals surface area contributed by atoms with Crippen LogP contribution < -0.4 is 5.32 Å². The summed E-state index contributed by atoms with van der Waals surface area (Å²) in [4.78, 5) is 30.5. The van der Waals surface area contributed by atoms with Gasteiger partial charge in [-0.1, -0.05) is 48.0 Å². The smallest absolute Gasteiger partial charge is 0.337 e. The average molecular weight is 507 g/mol. The minimum absolute atomic E-state index is 0.0222. The predicted octanol–water partition coefficient (Wildman–Crippen LogP) is 5.86. The number of fused-ring (bicyclic) bond motifs is 1. The van der Waals surface area contributed by atoms with Crippen LogP contribution in [0.5, 0.6) is 0 Å². The summed E-state index contributed by atoms with van der Waals surface area (Å²) in [6.45, 7) is 8.94. The van der Waals surface area contributed by atoms with E-state index in [9.17, 15) is 14.7 Å². The number of hydrogen-bond acceptors (Lipinski definition) is 4. The number of amides is 1. The Morgan fingerprint density at radius 2 is 1.64 bits per heavy atom. The Bertz CT molecular complexity index is 1290. The topological polar surface area (TPSA) is 88.5 Å². The number of aryl methyl sites for hydroxylation is 1. The Balaban J connectivity index is 1.79. The summed E-state index contributed by atoms with van der Waals surface area (Å²) >= 11 is 6.13. The van der Waals surface area contributed by atoms with Crippen LogP contribution in [0.1, 0.15) is 65.3 Å². The number of aliphatic carboxylic acids is 1. The lowest BCUT2D eigenvalue weighted by atomic mass is 9.89. The standard InChI is InChI=1S/C29H31ClN2O4/c1-16-23(18-10-12-21(30)13-11-18)24(26(28(34)35)36-29(3,4)5)17(2)31-25(16)27(33)32-22-14-19-8-6-7-9-20(19)15-22/h6-13,22,26H,14-15H2,1-5H3,(H,32,33)(H,34,35)/t26-/m0/s1. The lowest BCUT2D eigenvalue weighted by Crippen LogP contribution is -2.36. The van der Waals surface area contributed by atoms with Crippen LogP contribution in [0.4, 0.5) is 0 Å². The Kier molecular flexibility index (Phi) is 7.21. The average Bonchev–Trinajstić information content (AvgIpc) is 3.21. The van der Waals surface area contributed by atoms with Crippen molar-refractivity contribution in [3.05, 3.63) is 87.2 Å². The summed E-state index contributed by atoms with van der Waals surface area (Å²) in [5.74, 6) is -1.40. The highest BCUT2D eigenvalue weighted by atomic mass is 35.5. The number of hydrogen-bond donors (Lipinski definition) is 2. The molecular formula is C29H31ClN2O4. The van der Waals surface area contributed by atoms with Gasteiger partial charge in [0.2, 0.25) is 0 Å². The number of benzene rings is 2. The van der Waals surface area contributed by atoms with Gasteiger partial charge < -0.3 is 15.2 Å². The highest BCUT2D eigenvalue weighted by Crippen LogP contribution is 2.38. The van der Waals surface area contributed by atoms with Crippen molar-refractivity contribution in [2.45, 2.75) is 65.2 Å². The molecule has 0 fully saturated rings. The summed E-state index contributed by atoms with van der Waals surface area (Å²) in [6.07, 6.45) is 0.272. The van der Waals surface area contributed by atoms with Crippen molar-refractivity contribution in [1.29, 1.82) is 0 Å². The highest BCUT2D eigenvalue weighted by Gasteiger charge is 2.34. The van der Waals surface area contributed by atoms with E-state index in [4.69, 9.17) is 16.3 Å². The molecule has 0 bridgehead atoms. The van der Waals surface area contributed by atoms with E-state index < -0.39 is 17.7 Å². The second kappa shape index (κ2) is 10.0. The van der Waals surface area contributed by atoms with E-state index in [0.29, 0.717) is 27.4 Å². The predicted molar refractivity (Wildman–Crippen MR) is 140 cm³/mol. The Hall–Kier alpha value is -3.22. The lowest BCUT2D eigenvalue weighted by molar-refractivity contribution is -0.160. The molecule has 1 aliphatic carbocycles. The summed E-state index contributed by atoms with van der Waals surface area (Å²) < 4.78 is 5.98. The molecule has 0 aliphatic heterocycles. The zero-order valence-electron chi connectivity index (χ0n) is 21.2. The molecule has 4 rings (SSSR count). The molecule has 0 saturated heterocycles. The molecule has 0 spiro atoms. The van der Waals surface area contributed by atoms with E-state index >= 15 is 0 Å². The van der Waals surface area contributed by atoms with Crippen molar-refractivity contribution in [3.8, 4) is 11.1 Å². The van der Waals surface area contributed by atoms with Crippen LogP contribution in [-0.2, 0) is 22.4 Å². The van der Waals surface area contributed by atoms with Gasteiger partial charge in [-0.05, 0) is 87.4 Å². The number of halogens is 1. The molecule has 188 valence electrons. The number of nitrogens with one attached hydrogen (secondary N) is 1. The highest BCUT2D eigenvalue weighted by molar-refractivity contribution is 6.30. The molecule has 0 saturated carbocycles. The van der Waals surface area contributed by atoms with Crippen molar-refractivity contribution < 1.29 is 19.4 Å². The molecule has 7 heteroatoms. The largest absolute Gasteiger partial charge is 0.479 e. The quantitative estimate of drug-likeness (QED) is 0.437. The number of nitrogens with zero attached hydrogens (tertiary/aromatic N) is 1. The number of carboxylic acids is 1. The maximum atomic E-state index is 13.5. The van der Waals surface area contributed by atoms with Crippen LogP contribution in [0.3, 0.4) is 0 Å². The fourth-order valence-electron chi connectivity index (χ4n) is 4.84. The Labute approximate surface area is 216 Å². The van der Waals surface area contributed by atoms with Crippen LogP contribution in [0.15, 0.2) is 48.5 Å². The van der Waals surface area contributed by atoms with E-state index in [1.165, 1.54) is 11.1 Å². The van der Waals surface area contributed by atoms with Gasteiger partial charge in [0.05, 0.1) is 5.60 Å². The van der Waals surface area contributed by atoms with E-state index in [2.05, 4.69) is 22.4 Å². The molecule has 6 nitrogen and oxygen atoms in total. The molecule has 1 heterocycles. The first kappa shape index (κ1) is 25.9. The molecule has 0 radical (unpaired) electrons. The number of rotatable bonds is 6. The van der Waals surface area contributed by atoms with Gasteiger partial charge in [-0.15, -0.1) is 0 Å². The van der Waals surface area contributed by atoms with Gasteiger partial charge in [-0.3, -0.25) is 4.79 Å². The third-order valence-electron chi connectivity index (χ3n) is 6.36. The first-order chi connectivity index (χ1) is 16.9. The lowest BCUT2D eigenvalue weighted by Gasteiger charge is -2.28. The maximum absolute atomic E-state index is 13.5. The third-order valence-corrected chi connectivity index (χ3v) is 6.61. The van der Waals surface area contributed by atoms with E-state index in [1.54, 1.807) is 26.0 Å². The van der Waals surface area contributed by atoms with Gasteiger partial charge in [0.25, 0.3) is 5.91 Å². The van der Waals surface area contributed by atoms with Crippen LogP contribution in [0.25, 0.3) is 11.1 Å². The van der Waals surface area contributed by atoms with E-state index in [1.807, 2.05) is 45.0 Å². The van der Waals surface area contributed by atoms with Gasteiger partial charge >= 0.3 is 5.97 Å². The summed E-state index contributed by atoms with van der Waals surface area (Å²) in [5, 5.41) is 13.8. The van der Waals surface area contributed by atoms with Gasteiger partial charge in [0, 0.05) is 22.3 Å². The first-order valence-electron chi connectivity index (χ1n) is 12.0. The number of carbonyl (C=O) groups is 2. The van der Waals surface area contributed by atoms with E-state index in [-0.39, 0.29) is 17.6 Å². The molecule has 0 unspecified atom stereocenters. The van der Waals surface area contributed by atoms with Gasteiger partial charge in [-0.2, -0.15) is 0 Å². The number of aromatic nitrogens is 1. The molecule has 3 aromatic rings. The minimum Gasteiger partial charge on any atom is -0.479 e. The molecule has 36 heavy (non-hydrogen) atoms. The normalized spacial score (nSPS) is 14.4. The van der Waals surface area contributed by atoms with Crippen molar-refractivity contribution >= 4 is 23.5 Å². The summed E-state index contributed by atoms with van der Waals surface area (Å²) in [7, 11) is 0. The zero-order valence-corrected chi connectivity index (χ0v) is 21.9. The number of pyridine rings is 1. The first-order valence-corrected chi connectivity index (χ1v) is 12.4. The Morgan fingerprint density at radius 3 is 2.17 bits per heavy atom. The molecule has 1 atom stereocenters. The number of carboxylic acid groups (broad SMARTS) is 1. The summed E-state index contributed by atoms with van der Waals surface area (Å²) in [6, 6.07) is 15.3. The Morgan fingerprint density at radius 1 is 1.06 bits per heavy atom. The second-order valence-electron chi connectivity index (χ2n) is 10.3. The molecular weight excluding hydrogens is 476 g/mol.